The van der Waals surface area contributed by atoms with Crippen LogP contribution in [0.2, 0.25) is 0 Å². The summed E-state index contributed by atoms with van der Waals surface area (Å²) >= 11 is 0. The zero-order valence-corrected chi connectivity index (χ0v) is 11.6. The second kappa shape index (κ2) is 6.56. The molecule has 110 valence electrons. The summed E-state index contributed by atoms with van der Waals surface area (Å²) in [4.78, 5) is 10.5. The third-order valence-electron chi connectivity index (χ3n) is 3.62. The molecule has 1 fully saturated rings. The number of aliphatic hydroxyl groups is 1. The summed E-state index contributed by atoms with van der Waals surface area (Å²) in [5.41, 5.74) is 1.57. The predicted molar refractivity (Wildman–Crippen MR) is 79.1 cm³/mol. The van der Waals surface area contributed by atoms with Gasteiger partial charge in [0.1, 0.15) is 0 Å². The average Bonchev–Trinajstić information content (AvgIpc) is 2.82. The number of hydrogen-bond acceptors (Lipinski definition) is 5. The first-order chi connectivity index (χ1) is 9.58. The number of nitro benzene ring substituents is 1. The highest BCUT2D eigenvalue weighted by Crippen LogP contribution is 2.28. The molecule has 0 aliphatic heterocycles. The van der Waals surface area contributed by atoms with Gasteiger partial charge in [0.05, 0.1) is 11.0 Å². The Kier molecular flexibility index (Phi) is 4.79. The smallest absolute Gasteiger partial charge is 0.273 e. The van der Waals surface area contributed by atoms with E-state index in [0.717, 1.165) is 43.7 Å². The number of aliphatic hydroxyl groups excluding tert-OH is 1. The van der Waals surface area contributed by atoms with Crippen molar-refractivity contribution in [2.45, 2.75) is 32.3 Å². The van der Waals surface area contributed by atoms with E-state index in [2.05, 4.69) is 10.6 Å². The molecule has 0 saturated heterocycles. The van der Waals surface area contributed by atoms with Gasteiger partial charge in [-0.2, -0.15) is 0 Å². The van der Waals surface area contributed by atoms with Gasteiger partial charge in [-0.25, -0.2) is 0 Å². The van der Waals surface area contributed by atoms with Gasteiger partial charge in [0.25, 0.3) is 5.69 Å². The fourth-order valence-corrected chi connectivity index (χ4v) is 2.62. The van der Waals surface area contributed by atoms with Crippen molar-refractivity contribution in [2.75, 3.05) is 23.7 Å². The van der Waals surface area contributed by atoms with Gasteiger partial charge in [-0.3, -0.25) is 10.1 Å². The number of nitrogens with zero attached hydrogens (tertiary/aromatic N) is 1. The van der Waals surface area contributed by atoms with Crippen molar-refractivity contribution in [3.63, 3.8) is 0 Å². The van der Waals surface area contributed by atoms with E-state index in [1.165, 1.54) is 6.07 Å². The largest absolute Gasteiger partial charge is 0.393 e. The van der Waals surface area contributed by atoms with Gasteiger partial charge < -0.3 is 15.7 Å². The molecule has 0 heterocycles. The lowest BCUT2D eigenvalue weighted by atomic mass is 10.1. The van der Waals surface area contributed by atoms with Crippen LogP contribution in [0.1, 0.15) is 26.2 Å². The summed E-state index contributed by atoms with van der Waals surface area (Å²) in [6.45, 7) is 3.41. The minimum atomic E-state index is -0.384. The Morgan fingerprint density at radius 1 is 1.30 bits per heavy atom. The average molecular weight is 279 g/mol. The van der Waals surface area contributed by atoms with Crippen LogP contribution in [-0.2, 0) is 0 Å². The first-order valence-electron chi connectivity index (χ1n) is 7.03. The summed E-state index contributed by atoms with van der Waals surface area (Å²) in [6, 6.07) is 4.96. The zero-order valence-electron chi connectivity index (χ0n) is 11.6. The minimum absolute atomic E-state index is 0.0809. The van der Waals surface area contributed by atoms with Crippen LogP contribution in [0.25, 0.3) is 0 Å². The van der Waals surface area contributed by atoms with Gasteiger partial charge in [0.15, 0.2) is 0 Å². The maximum Gasteiger partial charge on any atom is 0.273 e. The molecule has 0 amide bonds. The summed E-state index contributed by atoms with van der Waals surface area (Å²) in [5, 5.41) is 26.8. The lowest BCUT2D eigenvalue weighted by molar-refractivity contribution is -0.384. The molecule has 1 aliphatic rings. The molecule has 6 nitrogen and oxygen atoms in total. The maximum absolute atomic E-state index is 10.9. The molecule has 0 aromatic heterocycles. The Morgan fingerprint density at radius 2 is 2.00 bits per heavy atom. The van der Waals surface area contributed by atoms with Crippen molar-refractivity contribution in [3.05, 3.63) is 28.3 Å². The van der Waals surface area contributed by atoms with Gasteiger partial charge in [0.2, 0.25) is 0 Å². The Balaban J connectivity index is 2.03. The molecule has 3 N–H and O–H groups in total. The number of nitrogens with one attached hydrogen (secondary N) is 2. The Bertz CT molecular complexity index is 479. The normalized spacial score (nSPS) is 21.7. The highest BCUT2D eigenvalue weighted by Gasteiger charge is 2.22. The van der Waals surface area contributed by atoms with Crippen molar-refractivity contribution >= 4 is 17.1 Å². The van der Waals surface area contributed by atoms with Crippen molar-refractivity contribution in [1.82, 2.24) is 0 Å². The fourth-order valence-electron chi connectivity index (χ4n) is 2.62. The molecule has 20 heavy (non-hydrogen) atoms. The van der Waals surface area contributed by atoms with Gasteiger partial charge in [0, 0.05) is 36.6 Å². The molecule has 1 aliphatic carbocycles. The van der Waals surface area contributed by atoms with E-state index >= 15 is 0 Å². The van der Waals surface area contributed by atoms with Crippen molar-refractivity contribution in [2.24, 2.45) is 5.92 Å². The molecular weight excluding hydrogens is 258 g/mol. The number of hydrogen-bond donors (Lipinski definition) is 3. The van der Waals surface area contributed by atoms with E-state index < -0.39 is 0 Å². The lowest BCUT2D eigenvalue weighted by Crippen LogP contribution is -2.13. The predicted octanol–water partition coefficient (Wildman–Crippen LogP) is 2.60. The van der Waals surface area contributed by atoms with Crippen LogP contribution in [0.5, 0.6) is 0 Å². The van der Waals surface area contributed by atoms with Crippen LogP contribution >= 0.6 is 0 Å². The fraction of sp³-hybridized carbons (Fsp3) is 0.571. The van der Waals surface area contributed by atoms with E-state index in [4.69, 9.17) is 0 Å². The van der Waals surface area contributed by atoms with E-state index in [9.17, 15) is 15.2 Å². The Morgan fingerprint density at radius 3 is 2.55 bits per heavy atom. The number of nitro groups is 1. The summed E-state index contributed by atoms with van der Waals surface area (Å²) in [5.74, 6) is 0.437. The molecule has 0 bridgehead atoms. The highest BCUT2D eigenvalue weighted by molar-refractivity contribution is 5.63. The molecule has 1 saturated carbocycles. The number of rotatable bonds is 6. The first kappa shape index (κ1) is 14.6. The van der Waals surface area contributed by atoms with E-state index in [-0.39, 0.29) is 16.7 Å². The first-order valence-corrected chi connectivity index (χ1v) is 7.03. The van der Waals surface area contributed by atoms with E-state index in [0.29, 0.717) is 5.92 Å². The minimum Gasteiger partial charge on any atom is -0.393 e. The van der Waals surface area contributed by atoms with E-state index in [1.807, 2.05) is 13.0 Å². The molecule has 6 heteroatoms. The zero-order chi connectivity index (χ0) is 14.5. The molecule has 1 aromatic rings. The van der Waals surface area contributed by atoms with Crippen molar-refractivity contribution in [3.8, 4) is 0 Å². The number of non-ortho nitro benzene ring substituents is 1. The Labute approximate surface area is 118 Å². The van der Waals surface area contributed by atoms with Crippen molar-refractivity contribution < 1.29 is 10.0 Å². The summed E-state index contributed by atoms with van der Waals surface area (Å²) < 4.78 is 0. The van der Waals surface area contributed by atoms with Gasteiger partial charge >= 0.3 is 0 Å². The summed E-state index contributed by atoms with van der Waals surface area (Å²) in [6.07, 6.45) is 2.47. The second-order valence-corrected chi connectivity index (χ2v) is 5.27. The van der Waals surface area contributed by atoms with Crippen LogP contribution in [0.3, 0.4) is 0 Å². The van der Waals surface area contributed by atoms with Crippen LogP contribution < -0.4 is 10.6 Å². The third-order valence-corrected chi connectivity index (χ3v) is 3.62. The lowest BCUT2D eigenvalue weighted by Gasteiger charge is -2.13. The van der Waals surface area contributed by atoms with Gasteiger partial charge in [-0.15, -0.1) is 0 Å². The van der Waals surface area contributed by atoms with Crippen LogP contribution in [0, 0.1) is 16.0 Å². The molecular formula is C14H21N3O3. The number of benzene rings is 1. The third kappa shape index (κ3) is 3.84. The van der Waals surface area contributed by atoms with E-state index in [1.54, 1.807) is 6.07 Å². The molecule has 2 atom stereocenters. The van der Waals surface area contributed by atoms with Crippen molar-refractivity contribution in [1.29, 1.82) is 0 Å². The standard InChI is InChI=1S/C14H21N3O3/c1-2-15-11-6-12(8-13(7-11)17(19)20)16-9-10-3-4-14(18)5-10/h6-8,10,14-16,18H,2-5,9H2,1H3. The van der Waals surface area contributed by atoms with Crippen LogP contribution in [0.4, 0.5) is 17.1 Å². The number of anilines is 2. The summed E-state index contributed by atoms with van der Waals surface area (Å²) in [7, 11) is 0. The second-order valence-electron chi connectivity index (χ2n) is 5.27. The highest BCUT2D eigenvalue weighted by atomic mass is 16.6. The quantitative estimate of drug-likeness (QED) is 0.550. The van der Waals surface area contributed by atoms with Crippen LogP contribution in [0.15, 0.2) is 18.2 Å². The molecule has 0 spiro atoms. The monoisotopic (exact) mass is 279 g/mol. The van der Waals surface area contributed by atoms with Gasteiger partial charge in [-0.1, -0.05) is 0 Å². The van der Waals surface area contributed by atoms with Crippen LogP contribution in [-0.4, -0.2) is 29.2 Å². The molecule has 1 aromatic carbocycles. The topological polar surface area (TPSA) is 87.4 Å². The Hall–Kier alpha value is -1.82. The molecule has 2 rings (SSSR count). The maximum atomic E-state index is 10.9. The van der Waals surface area contributed by atoms with Gasteiger partial charge in [-0.05, 0) is 38.2 Å². The molecule has 0 radical (unpaired) electrons. The molecule has 2 unspecified atom stereocenters. The SMILES string of the molecule is CCNc1cc(NCC2CCC(O)C2)cc([N+](=O)[O-])c1.